The van der Waals surface area contributed by atoms with Crippen LogP contribution < -0.4 is 5.32 Å². The molecule has 118 valence electrons. The van der Waals surface area contributed by atoms with Gasteiger partial charge in [0.25, 0.3) is 0 Å². The largest absolute Gasteiger partial charge is 0.385 e. The van der Waals surface area contributed by atoms with E-state index in [0.717, 1.165) is 37.9 Å². The maximum atomic E-state index is 12.4. The molecule has 2 rings (SSSR count). The van der Waals surface area contributed by atoms with Crippen LogP contribution in [-0.4, -0.2) is 26.1 Å². The zero-order valence-electron chi connectivity index (χ0n) is 11.4. The van der Waals surface area contributed by atoms with Gasteiger partial charge in [0.1, 0.15) is 0 Å². The topological polar surface area (TPSA) is 46.2 Å². The molecule has 7 heteroatoms. The quantitative estimate of drug-likeness (QED) is 0.829. The molecule has 1 aromatic rings. The summed E-state index contributed by atoms with van der Waals surface area (Å²) in [4.78, 5) is -0.356. The summed E-state index contributed by atoms with van der Waals surface area (Å²) in [5.74, 6) is -2.84. The van der Waals surface area contributed by atoms with Crippen molar-refractivity contribution in [2.24, 2.45) is 5.92 Å². The van der Waals surface area contributed by atoms with Crippen LogP contribution in [0.15, 0.2) is 29.2 Å². The smallest absolute Gasteiger partial charge is 0.341 e. The van der Waals surface area contributed by atoms with Gasteiger partial charge in [0, 0.05) is 17.6 Å². The predicted octanol–water partition coefficient (Wildman–Crippen LogP) is 3.89. The Balaban J connectivity index is 1.91. The van der Waals surface area contributed by atoms with Gasteiger partial charge in [-0.3, -0.25) is 0 Å². The third kappa shape index (κ3) is 4.30. The minimum absolute atomic E-state index is 0.278. The van der Waals surface area contributed by atoms with Gasteiger partial charge in [-0.15, -0.1) is 11.6 Å². The maximum Gasteiger partial charge on any atom is 0.341 e. The van der Waals surface area contributed by atoms with E-state index in [9.17, 15) is 17.2 Å². The first-order valence-corrected chi connectivity index (χ1v) is 8.88. The van der Waals surface area contributed by atoms with Gasteiger partial charge in [-0.25, -0.2) is 8.42 Å². The molecule has 0 aromatic heterocycles. The van der Waals surface area contributed by atoms with Crippen molar-refractivity contribution in [3.05, 3.63) is 24.3 Å². The molecule has 0 amide bonds. The Morgan fingerprint density at radius 3 is 2.24 bits per heavy atom. The van der Waals surface area contributed by atoms with Gasteiger partial charge in [-0.1, -0.05) is 0 Å². The first-order chi connectivity index (χ1) is 9.89. The van der Waals surface area contributed by atoms with E-state index in [1.807, 2.05) is 0 Å². The molecule has 1 aliphatic carbocycles. The van der Waals surface area contributed by atoms with Crippen LogP contribution >= 0.6 is 11.6 Å². The third-order valence-electron chi connectivity index (χ3n) is 3.79. The van der Waals surface area contributed by atoms with E-state index < -0.39 is 15.6 Å². The van der Waals surface area contributed by atoms with Crippen LogP contribution in [0.3, 0.4) is 0 Å². The van der Waals surface area contributed by atoms with Gasteiger partial charge in [0.05, 0.1) is 4.90 Å². The molecule has 0 spiro atoms. The zero-order chi connectivity index (χ0) is 15.5. The zero-order valence-corrected chi connectivity index (χ0v) is 13.0. The summed E-state index contributed by atoms with van der Waals surface area (Å²) < 4.78 is 47.4. The van der Waals surface area contributed by atoms with Crippen molar-refractivity contribution in [1.82, 2.24) is 0 Å². The Morgan fingerprint density at radius 1 is 1.14 bits per heavy atom. The number of rotatable bonds is 5. The van der Waals surface area contributed by atoms with Crippen molar-refractivity contribution in [3.63, 3.8) is 0 Å². The van der Waals surface area contributed by atoms with E-state index in [1.54, 1.807) is 0 Å². The lowest BCUT2D eigenvalue weighted by atomic mass is 9.89. The molecule has 0 unspecified atom stereocenters. The van der Waals surface area contributed by atoms with Crippen molar-refractivity contribution in [2.45, 2.75) is 41.7 Å². The van der Waals surface area contributed by atoms with Crippen LogP contribution in [-0.2, 0) is 9.84 Å². The fourth-order valence-corrected chi connectivity index (χ4v) is 3.43. The Morgan fingerprint density at radius 2 is 1.71 bits per heavy atom. The molecule has 1 N–H and O–H groups in total. The van der Waals surface area contributed by atoms with Gasteiger partial charge < -0.3 is 5.32 Å². The number of benzene rings is 1. The van der Waals surface area contributed by atoms with Crippen molar-refractivity contribution >= 4 is 27.1 Å². The first kappa shape index (κ1) is 16.5. The Labute approximate surface area is 128 Å². The van der Waals surface area contributed by atoms with E-state index in [4.69, 9.17) is 11.6 Å². The maximum absolute atomic E-state index is 12.4. The van der Waals surface area contributed by atoms with Crippen LogP contribution in [0.25, 0.3) is 0 Å². The van der Waals surface area contributed by atoms with Crippen molar-refractivity contribution in [3.8, 4) is 0 Å². The Bertz CT molecular complexity index is 555. The van der Waals surface area contributed by atoms with Gasteiger partial charge in [-0.2, -0.15) is 8.78 Å². The summed E-state index contributed by atoms with van der Waals surface area (Å²) >= 11 is 6.05. The number of alkyl halides is 3. The fourth-order valence-electron chi connectivity index (χ4n) is 2.45. The molecule has 0 bridgehead atoms. The van der Waals surface area contributed by atoms with Gasteiger partial charge in [0.2, 0.25) is 9.84 Å². The SMILES string of the molecule is O=S(=O)(c1ccc(NCC2CCC(Cl)CC2)cc1)C(F)F. The van der Waals surface area contributed by atoms with Crippen LogP contribution in [0.2, 0.25) is 0 Å². The van der Waals surface area contributed by atoms with Gasteiger partial charge in [0.15, 0.2) is 0 Å². The van der Waals surface area contributed by atoms with Crippen LogP contribution in [0.4, 0.5) is 14.5 Å². The molecule has 0 atom stereocenters. The number of halogens is 3. The average Bonchev–Trinajstić information content (AvgIpc) is 2.47. The minimum atomic E-state index is -4.51. The summed E-state index contributed by atoms with van der Waals surface area (Å²) in [5.41, 5.74) is 0.733. The fraction of sp³-hybridized carbons (Fsp3) is 0.571. The molecule has 0 saturated heterocycles. The molecule has 21 heavy (non-hydrogen) atoms. The highest BCUT2D eigenvalue weighted by Crippen LogP contribution is 2.28. The predicted molar refractivity (Wildman–Crippen MR) is 79.7 cm³/mol. The van der Waals surface area contributed by atoms with Crippen LogP contribution in [0, 0.1) is 5.92 Å². The molecule has 1 aromatic carbocycles. The normalized spacial score (nSPS) is 23.2. The number of sulfone groups is 1. The second-order valence-corrected chi connectivity index (χ2v) is 7.86. The standard InChI is InChI=1S/C14H18ClF2NO2S/c15-11-3-1-10(2-4-11)9-18-12-5-7-13(8-6-12)21(19,20)14(16)17/h5-8,10-11,14,18H,1-4,9H2. The lowest BCUT2D eigenvalue weighted by Gasteiger charge is -2.25. The monoisotopic (exact) mass is 337 g/mol. The minimum Gasteiger partial charge on any atom is -0.385 e. The molecule has 1 aliphatic rings. The number of hydrogen-bond donors (Lipinski definition) is 1. The second-order valence-electron chi connectivity index (χ2n) is 5.33. The van der Waals surface area contributed by atoms with Crippen molar-refractivity contribution < 1.29 is 17.2 Å². The molecule has 1 fully saturated rings. The first-order valence-electron chi connectivity index (χ1n) is 6.89. The number of hydrogen-bond acceptors (Lipinski definition) is 3. The molecule has 3 nitrogen and oxygen atoms in total. The third-order valence-corrected chi connectivity index (χ3v) is 5.62. The number of nitrogens with one attached hydrogen (secondary N) is 1. The summed E-state index contributed by atoms with van der Waals surface area (Å²) in [6, 6.07) is 5.45. The molecule has 0 aliphatic heterocycles. The molecular formula is C14H18ClF2NO2S. The van der Waals surface area contributed by atoms with Crippen molar-refractivity contribution in [1.29, 1.82) is 0 Å². The lowest BCUT2D eigenvalue weighted by molar-refractivity contribution is 0.234. The van der Waals surface area contributed by atoms with E-state index >= 15 is 0 Å². The average molecular weight is 338 g/mol. The van der Waals surface area contributed by atoms with E-state index in [1.165, 1.54) is 24.3 Å². The van der Waals surface area contributed by atoms with E-state index in [2.05, 4.69) is 5.32 Å². The van der Waals surface area contributed by atoms with Gasteiger partial charge >= 0.3 is 5.76 Å². The summed E-state index contributed by atoms with van der Waals surface area (Å²) in [5, 5.41) is 3.49. The highest BCUT2D eigenvalue weighted by molar-refractivity contribution is 7.91. The summed E-state index contributed by atoms with van der Waals surface area (Å²) in [6.07, 6.45) is 4.16. The van der Waals surface area contributed by atoms with Crippen molar-refractivity contribution in [2.75, 3.05) is 11.9 Å². The van der Waals surface area contributed by atoms with Gasteiger partial charge in [-0.05, 0) is 55.9 Å². The molecule has 0 heterocycles. The van der Waals surface area contributed by atoms with Crippen LogP contribution in [0.5, 0.6) is 0 Å². The van der Waals surface area contributed by atoms with E-state index in [0.29, 0.717) is 5.92 Å². The van der Waals surface area contributed by atoms with Crippen LogP contribution in [0.1, 0.15) is 25.7 Å². The number of anilines is 1. The molecule has 0 radical (unpaired) electrons. The summed E-state index contributed by atoms with van der Waals surface area (Å²) in [6.45, 7) is 0.782. The Hall–Kier alpha value is -0.880. The highest BCUT2D eigenvalue weighted by Gasteiger charge is 2.26. The lowest BCUT2D eigenvalue weighted by Crippen LogP contribution is -2.21. The second kappa shape index (κ2) is 6.92. The highest BCUT2D eigenvalue weighted by atomic mass is 35.5. The summed E-state index contributed by atoms with van der Waals surface area (Å²) in [7, 11) is -4.51. The van der Waals surface area contributed by atoms with E-state index in [-0.39, 0.29) is 10.3 Å². The Kier molecular flexibility index (Phi) is 5.43. The molecule has 1 saturated carbocycles. The molecular weight excluding hydrogens is 320 g/mol.